The summed E-state index contributed by atoms with van der Waals surface area (Å²) in [5.41, 5.74) is 5.70. The van der Waals surface area contributed by atoms with Crippen LogP contribution in [-0.4, -0.2) is 49.9 Å². The zero-order valence-electron chi connectivity index (χ0n) is 16.6. The summed E-state index contributed by atoms with van der Waals surface area (Å²) in [6, 6.07) is 12.0. The second kappa shape index (κ2) is 6.92. The number of anilines is 2. The van der Waals surface area contributed by atoms with E-state index in [1.807, 2.05) is 48.1 Å². The van der Waals surface area contributed by atoms with Crippen LogP contribution in [0.1, 0.15) is 11.1 Å². The molecule has 1 N–H and O–H groups in total. The molecule has 0 spiro atoms. The van der Waals surface area contributed by atoms with Crippen molar-refractivity contribution in [1.29, 1.82) is 0 Å². The molecule has 1 aliphatic rings. The number of benzene rings is 1. The summed E-state index contributed by atoms with van der Waals surface area (Å²) in [5, 5.41) is 11.9. The number of hydrogen-bond donors (Lipinski definition) is 1. The Hall–Kier alpha value is -3.24. The summed E-state index contributed by atoms with van der Waals surface area (Å²) in [4.78, 5) is 4.56. The number of hydrogen-bond acceptors (Lipinski definition) is 6. The summed E-state index contributed by atoms with van der Waals surface area (Å²) in [6.45, 7) is 0.920. The molecule has 0 amide bonds. The van der Waals surface area contributed by atoms with Gasteiger partial charge in [-0.15, -0.1) is 5.10 Å². The van der Waals surface area contributed by atoms with Crippen molar-refractivity contribution >= 4 is 27.3 Å². The van der Waals surface area contributed by atoms with Crippen LogP contribution in [0.15, 0.2) is 48.8 Å². The quantitative estimate of drug-likeness (QED) is 0.540. The first-order valence-corrected chi connectivity index (χ1v) is 11.4. The fourth-order valence-corrected chi connectivity index (χ4v) is 4.56. The van der Waals surface area contributed by atoms with Crippen molar-refractivity contribution in [3.05, 3.63) is 59.9 Å². The molecular formula is C20H21N7O2S. The molecular weight excluding hydrogens is 402 g/mol. The standard InChI is InChI=1S/C20H21N7O2S/c1-25-13-17(11-21-25)22-20-23-19-5-3-4-18(27(19)24-20)15-6-7-16-12-26(30(2,28)29)9-8-14(16)10-15/h3-7,10-11,13H,8-9,12H2,1-2H3,(H,22,24). The molecule has 5 rings (SSSR count). The maximum Gasteiger partial charge on any atom is 0.247 e. The van der Waals surface area contributed by atoms with Gasteiger partial charge in [-0.25, -0.2) is 12.9 Å². The van der Waals surface area contributed by atoms with E-state index in [4.69, 9.17) is 0 Å². The molecule has 4 heterocycles. The Morgan fingerprint density at radius 3 is 2.77 bits per heavy atom. The van der Waals surface area contributed by atoms with Crippen molar-refractivity contribution in [1.82, 2.24) is 28.7 Å². The minimum Gasteiger partial charge on any atom is -0.320 e. The molecule has 3 aromatic heterocycles. The van der Waals surface area contributed by atoms with Gasteiger partial charge in [0.2, 0.25) is 16.0 Å². The molecule has 154 valence electrons. The van der Waals surface area contributed by atoms with Crippen LogP contribution in [0.3, 0.4) is 0 Å². The van der Waals surface area contributed by atoms with Crippen molar-refractivity contribution in [3.8, 4) is 11.3 Å². The third-order valence-corrected chi connectivity index (χ3v) is 6.52. The van der Waals surface area contributed by atoms with Crippen LogP contribution in [0.5, 0.6) is 0 Å². The van der Waals surface area contributed by atoms with Crippen LogP contribution in [0.2, 0.25) is 0 Å². The van der Waals surface area contributed by atoms with Crippen molar-refractivity contribution in [2.45, 2.75) is 13.0 Å². The van der Waals surface area contributed by atoms with E-state index in [0.717, 1.165) is 28.2 Å². The Bertz CT molecular complexity index is 1360. The van der Waals surface area contributed by atoms with Gasteiger partial charge in [-0.05, 0) is 35.7 Å². The van der Waals surface area contributed by atoms with Gasteiger partial charge in [0.05, 0.1) is 23.8 Å². The zero-order chi connectivity index (χ0) is 20.9. The molecule has 1 aromatic carbocycles. The number of aromatic nitrogens is 5. The van der Waals surface area contributed by atoms with E-state index in [2.05, 4.69) is 26.6 Å². The molecule has 0 saturated heterocycles. The number of sulfonamides is 1. The lowest BCUT2D eigenvalue weighted by molar-refractivity contribution is 0.395. The minimum absolute atomic E-state index is 0.418. The van der Waals surface area contributed by atoms with Crippen LogP contribution in [0, 0.1) is 0 Å². The van der Waals surface area contributed by atoms with E-state index in [1.165, 1.54) is 16.1 Å². The van der Waals surface area contributed by atoms with Crippen LogP contribution >= 0.6 is 0 Å². The molecule has 10 heteroatoms. The van der Waals surface area contributed by atoms with Gasteiger partial charge in [0, 0.05) is 31.9 Å². The Kier molecular flexibility index (Phi) is 4.33. The number of aryl methyl sites for hydroxylation is 1. The SMILES string of the molecule is Cn1cc(Nc2nc3cccc(-c4ccc5c(c4)CCN(S(C)(=O)=O)C5)n3n2)cn1. The van der Waals surface area contributed by atoms with Gasteiger partial charge in [0.25, 0.3) is 0 Å². The van der Waals surface area contributed by atoms with Gasteiger partial charge in [0.15, 0.2) is 5.65 Å². The summed E-state index contributed by atoms with van der Waals surface area (Å²) in [6.07, 6.45) is 5.53. The van der Waals surface area contributed by atoms with Gasteiger partial charge in [0.1, 0.15) is 0 Å². The normalized spacial score (nSPS) is 14.7. The van der Waals surface area contributed by atoms with E-state index < -0.39 is 10.0 Å². The molecule has 30 heavy (non-hydrogen) atoms. The summed E-state index contributed by atoms with van der Waals surface area (Å²) >= 11 is 0. The van der Waals surface area contributed by atoms with E-state index >= 15 is 0 Å². The number of pyridine rings is 1. The van der Waals surface area contributed by atoms with Crippen LogP contribution in [-0.2, 0) is 30.0 Å². The first kappa shape index (κ1) is 18.8. The number of nitrogens with one attached hydrogen (secondary N) is 1. The first-order valence-electron chi connectivity index (χ1n) is 9.55. The monoisotopic (exact) mass is 423 g/mol. The Morgan fingerprint density at radius 2 is 2.00 bits per heavy atom. The largest absolute Gasteiger partial charge is 0.320 e. The second-order valence-electron chi connectivity index (χ2n) is 7.47. The fourth-order valence-electron chi connectivity index (χ4n) is 3.76. The van der Waals surface area contributed by atoms with Crippen molar-refractivity contribution in [3.63, 3.8) is 0 Å². The summed E-state index contributed by atoms with van der Waals surface area (Å²) < 4.78 is 28.8. The van der Waals surface area contributed by atoms with E-state index in [1.54, 1.807) is 10.9 Å². The molecule has 0 bridgehead atoms. The molecule has 9 nitrogen and oxygen atoms in total. The first-order chi connectivity index (χ1) is 14.4. The highest BCUT2D eigenvalue weighted by atomic mass is 32.2. The predicted molar refractivity (Wildman–Crippen MR) is 114 cm³/mol. The highest BCUT2D eigenvalue weighted by Crippen LogP contribution is 2.28. The number of rotatable bonds is 4. The van der Waals surface area contributed by atoms with Crippen molar-refractivity contribution in [2.75, 3.05) is 18.1 Å². The average Bonchev–Trinajstić information content (AvgIpc) is 3.31. The van der Waals surface area contributed by atoms with E-state index in [9.17, 15) is 8.42 Å². The maximum atomic E-state index is 11.9. The predicted octanol–water partition coefficient (Wildman–Crippen LogP) is 2.19. The van der Waals surface area contributed by atoms with Gasteiger partial charge in [-0.1, -0.05) is 18.2 Å². The van der Waals surface area contributed by atoms with Gasteiger partial charge in [-0.2, -0.15) is 14.4 Å². The average molecular weight is 424 g/mol. The Balaban J connectivity index is 1.49. The maximum absolute atomic E-state index is 11.9. The third kappa shape index (κ3) is 3.44. The van der Waals surface area contributed by atoms with Crippen LogP contribution in [0.4, 0.5) is 11.6 Å². The topological polar surface area (TPSA) is 97.4 Å². The molecule has 0 saturated carbocycles. The fraction of sp³-hybridized carbons (Fsp3) is 0.250. The van der Waals surface area contributed by atoms with E-state index in [-0.39, 0.29) is 0 Å². The van der Waals surface area contributed by atoms with E-state index in [0.29, 0.717) is 25.5 Å². The smallest absolute Gasteiger partial charge is 0.247 e. The summed E-state index contributed by atoms with van der Waals surface area (Å²) in [5.74, 6) is 0.497. The molecule has 0 radical (unpaired) electrons. The Labute approximate surface area is 174 Å². The molecule has 0 unspecified atom stereocenters. The van der Waals surface area contributed by atoms with Gasteiger partial charge in [-0.3, -0.25) is 4.68 Å². The van der Waals surface area contributed by atoms with Crippen molar-refractivity contribution in [2.24, 2.45) is 7.05 Å². The highest BCUT2D eigenvalue weighted by molar-refractivity contribution is 7.88. The highest BCUT2D eigenvalue weighted by Gasteiger charge is 2.23. The molecule has 0 fully saturated rings. The minimum atomic E-state index is -3.18. The molecule has 1 aliphatic heterocycles. The molecule has 0 atom stereocenters. The second-order valence-corrected chi connectivity index (χ2v) is 9.46. The van der Waals surface area contributed by atoms with Gasteiger partial charge < -0.3 is 5.32 Å². The van der Waals surface area contributed by atoms with Crippen LogP contribution < -0.4 is 5.32 Å². The molecule has 0 aliphatic carbocycles. The lowest BCUT2D eigenvalue weighted by Crippen LogP contribution is -2.35. The number of nitrogens with zero attached hydrogens (tertiary/aromatic N) is 6. The van der Waals surface area contributed by atoms with Crippen molar-refractivity contribution < 1.29 is 8.42 Å². The zero-order valence-corrected chi connectivity index (χ0v) is 17.5. The summed E-state index contributed by atoms with van der Waals surface area (Å²) in [7, 11) is -1.33. The Morgan fingerprint density at radius 1 is 1.13 bits per heavy atom. The lowest BCUT2D eigenvalue weighted by Gasteiger charge is -2.27. The lowest BCUT2D eigenvalue weighted by atomic mass is 9.97. The number of fused-ring (bicyclic) bond motifs is 2. The van der Waals surface area contributed by atoms with Gasteiger partial charge >= 0.3 is 0 Å². The third-order valence-electron chi connectivity index (χ3n) is 5.27. The molecule has 4 aromatic rings. The van der Waals surface area contributed by atoms with Crippen LogP contribution in [0.25, 0.3) is 16.9 Å².